The normalized spacial score (nSPS) is 19.1. The first-order chi connectivity index (χ1) is 12.2. The number of nitrogens with zero attached hydrogens (tertiary/aromatic N) is 5. The van der Waals surface area contributed by atoms with E-state index in [0.717, 1.165) is 49.9 Å². The van der Waals surface area contributed by atoms with Crippen LogP contribution in [0.4, 0.5) is 8.78 Å². The zero-order valence-corrected chi connectivity index (χ0v) is 14.3. The van der Waals surface area contributed by atoms with Crippen LogP contribution < -0.4 is 0 Å². The molecule has 2 aromatic rings. The Morgan fingerprint density at radius 1 is 0.840 bits per heavy atom. The van der Waals surface area contributed by atoms with Gasteiger partial charge in [-0.15, -0.1) is 10.2 Å². The molecule has 2 aliphatic rings. The Morgan fingerprint density at radius 3 is 2.48 bits per heavy atom. The summed E-state index contributed by atoms with van der Waals surface area (Å²) in [5, 5.41) is 8.75. The molecule has 1 aromatic carbocycles. The van der Waals surface area contributed by atoms with E-state index in [1.54, 1.807) is 6.07 Å². The van der Waals surface area contributed by atoms with E-state index in [0.29, 0.717) is 13.1 Å². The Morgan fingerprint density at radius 2 is 1.68 bits per heavy atom. The molecular formula is C18H23F2N5. The molecule has 0 atom stereocenters. The molecule has 1 fully saturated rings. The van der Waals surface area contributed by atoms with Crippen molar-refractivity contribution >= 4 is 0 Å². The summed E-state index contributed by atoms with van der Waals surface area (Å²) in [7, 11) is 0. The average Bonchev–Trinajstić information content (AvgIpc) is 3.01. The van der Waals surface area contributed by atoms with Crippen molar-refractivity contribution in [1.29, 1.82) is 0 Å². The Bertz CT molecular complexity index is 739. The van der Waals surface area contributed by atoms with Crippen LogP contribution in [0.25, 0.3) is 0 Å². The lowest BCUT2D eigenvalue weighted by Crippen LogP contribution is -2.35. The summed E-state index contributed by atoms with van der Waals surface area (Å²) < 4.78 is 28.6. The Labute approximate surface area is 146 Å². The van der Waals surface area contributed by atoms with Gasteiger partial charge in [0, 0.05) is 19.6 Å². The first-order valence-electron chi connectivity index (χ1n) is 8.98. The molecule has 7 heteroatoms. The molecule has 0 amide bonds. The largest absolute Gasteiger partial charge is 0.312 e. The lowest BCUT2D eigenvalue weighted by molar-refractivity contribution is 0.192. The molecule has 0 unspecified atom stereocenters. The second-order valence-corrected chi connectivity index (χ2v) is 6.98. The SMILES string of the molecule is Fc1ccc(CN2CCn3c(CN4CCCCC4)nnc3C2)cc1F. The van der Waals surface area contributed by atoms with Gasteiger partial charge in [0.2, 0.25) is 0 Å². The molecule has 2 aliphatic heterocycles. The number of hydrogen-bond donors (Lipinski definition) is 0. The summed E-state index contributed by atoms with van der Waals surface area (Å²) in [6.45, 7) is 6.13. The number of benzene rings is 1. The lowest BCUT2D eigenvalue weighted by Gasteiger charge is -2.29. The quantitative estimate of drug-likeness (QED) is 0.852. The number of likely N-dealkylation sites (tertiary alicyclic amines) is 1. The van der Waals surface area contributed by atoms with E-state index in [9.17, 15) is 8.78 Å². The highest BCUT2D eigenvalue weighted by molar-refractivity contribution is 5.18. The van der Waals surface area contributed by atoms with Gasteiger partial charge in [0.05, 0.1) is 13.1 Å². The van der Waals surface area contributed by atoms with Gasteiger partial charge in [-0.05, 0) is 43.6 Å². The highest BCUT2D eigenvalue weighted by atomic mass is 19.2. The molecule has 4 rings (SSSR count). The highest BCUT2D eigenvalue weighted by Gasteiger charge is 2.23. The van der Waals surface area contributed by atoms with Crippen LogP contribution in [-0.2, 0) is 26.2 Å². The van der Waals surface area contributed by atoms with Crippen molar-refractivity contribution in [2.45, 2.75) is 45.4 Å². The van der Waals surface area contributed by atoms with Crippen molar-refractivity contribution in [2.75, 3.05) is 19.6 Å². The minimum Gasteiger partial charge on any atom is -0.312 e. The number of piperidine rings is 1. The van der Waals surface area contributed by atoms with E-state index in [2.05, 4.69) is 24.6 Å². The van der Waals surface area contributed by atoms with Gasteiger partial charge in [-0.1, -0.05) is 12.5 Å². The summed E-state index contributed by atoms with van der Waals surface area (Å²) >= 11 is 0. The fraction of sp³-hybridized carbons (Fsp3) is 0.556. The fourth-order valence-corrected chi connectivity index (χ4v) is 3.73. The first kappa shape index (κ1) is 16.6. The number of hydrogen-bond acceptors (Lipinski definition) is 4. The van der Waals surface area contributed by atoms with Crippen LogP contribution in [0.5, 0.6) is 0 Å². The van der Waals surface area contributed by atoms with E-state index in [4.69, 9.17) is 0 Å². The minimum absolute atomic E-state index is 0.589. The maximum atomic E-state index is 13.4. The number of fused-ring (bicyclic) bond motifs is 1. The van der Waals surface area contributed by atoms with Crippen molar-refractivity contribution in [2.24, 2.45) is 0 Å². The van der Waals surface area contributed by atoms with Crippen molar-refractivity contribution in [1.82, 2.24) is 24.6 Å². The summed E-state index contributed by atoms with van der Waals surface area (Å²) in [6.07, 6.45) is 3.86. The predicted octanol–water partition coefficient (Wildman–Crippen LogP) is 2.56. The summed E-state index contributed by atoms with van der Waals surface area (Å²) in [5.41, 5.74) is 0.778. The third-order valence-electron chi connectivity index (χ3n) is 5.11. The fourth-order valence-electron chi connectivity index (χ4n) is 3.73. The van der Waals surface area contributed by atoms with Gasteiger partial charge in [0.25, 0.3) is 0 Å². The zero-order valence-electron chi connectivity index (χ0n) is 14.3. The minimum atomic E-state index is -0.801. The van der Waals surface area contributed by atoms with Crippen LogP contribution in [0.1, 0.15) is 36.5 Å². The smallest absolute Gasteiger partial charge is 0.159 e. The third-order valence-corrected chi connectivity index (χ3v) is 5.11. The van der Waals surface area contributed by atoms with Crippen molar-refractivity contribution in [3.63, 3.8) is 0 Å². The number of halogens is 2. The number of rotatable bonds is 4. The van der Waals surface area contributed by atoms with Crippen molar-refractivity contribution in [3.05, 3.63) is 47.0 Å². The lowest BCUT2D eigenvalue weighted by atomic mass is 10.1. The van der Waals surface area contributed by atoms with Gasteiger partial charge < -0.3 is 4.57 Å². The van der Waals surface area contributed by atoms with E-state index in [1.807, 2.05) is 0 Å². The maximum absolute atomic E-state index is 13.4. The van der Waals surface area contributed by atoms with Gasteiger partial charge in [0.1, 0.15) is 11.6 Å². The molecule has 0 saturated carbocycles. The Hall–Kier alpha value is -1.86. The van der Waals surface area contributed by atoms with Gasteiger partial charge in [-0.25, -0.2) is 8.78 Å². The van der Waals surface area contributed by atoms with Crippen LogP contribution in [0.2, 0.25) is 0 Å². The summed E-state index contributed by atoms with van der Waals surface area (Å²) in [4.78, 5) is 4.65. The molecule has 1 aromatic heterocycles. The van der Waals surface area contributed by atoms with E-state index >= 15 is 0 Å². The predicted molar refractivity (Wildman–Crippen MR) is 89.6 cm³/mol. The molecule has 134 valence electrons. The van der Waals surface area contributed by atoms with Gasteiger partial charge >= 0.3 is 0 Å². The second-order valence-electron chi connectivity index (χ2n) is 6.98. The topological polar surface area (TPSA) is 37.2 Å². The second kappa shape index (κ2) is 7.17. The molecule has 3 heterocycles. The molecule has 0 bridgehead atoms. The zero-order chi connectivity index (χ0) is 17.2. The van der Waals surface area contributed by atoms with Crippen LogP contribution in [0.15, 0.2) is 18.2 Å². The third kappa shape index (κ3) is 3.72. The van der Waals surface area contributed by atoms with Crippen LogP contribution >= 0.6 is 0 Å². The molecule has 0 radical (unpaired) electrons. The van der Waals surface area contributed by atoms with Crippen LogP contribution in [0.3, 0.4) is 0 Å². The molecule has 0 spiro atoms. The van der Waals surface area contributed by atoms with E-state index in [1.165, 1.54) is 31.4 Å². The average molecular weight is 347 g/mol. The first-order valence-corrected chi connectivity index (χ1v) is 8.98. The van der Waals surface area contributed by atoms with Gasteiger partial charge in [-0.2, -0.15) is 0 Å². The molecule has 0 aliphatic carbocycles. The molecule has 0 N–H and O–H groups in total. The van der Waals surface area contributed by atoms with Crippen molar-refractivity contribution in [3.8, 4) is 0 Å². The van der Waals surface area contributed by atoms with E-state index in [-0.39, 0.29) is 0 Å². The van der Waals surface area contributed by atoms with Crippen molar-refractivity contribution < 1.29 is 8.78 Å². The maximum Gasteiger partial charge on any atom is 0.159 e. The van der Waals surface area contributed by atoms with Crippen LogP contribution in [-0.4, -0.2) is 44.2 Å². The van der Waals surface area contributed by atoms with Gasteiger partial charge in [-0.3, -0.25) is 9.80 Å². The Balaban J connectivity index is 1.40. The van der Waals surface area contributed by atoms with E-state index < -0.39 is 11.6 Å². The Kier molecular flexibility index (Phi) is 4.76. The monoisotopic (exact) mass is 347 g/mol. The molecular weight excluding hydrogens is 324 g/mol. The van der Waals surface area contributed by atoms with Gasteiger partial charge in [0.15, 0.2) is 11.6 Å². The number of aromatic nitrogens is 3. The highest BCUT2D eigenvalue weighted by Crippen LogP contribution is 2.18. The summed E-state index contributed by atoms with van der Waals surface area (Å²) in [6, 6.07) is 4.10. The molecule has 5 nitrogen and oxygen atoms in total. The van der Waals surface area contributed by atoms with Crippen LogP contribution in [0, 0.1) is 11.6 Å². The summed E-state index contributed by atoms with van der Waals surface area (Å²) in [5.74, 6) is 0.413. The molecule has 1 saturated heterocycles. The standard InChI is InChI=1S/C18H23F2N5/c19-15-5-4-14(10-16(15)20)11-24-8-9-25-17(21-22-18(25)13-24)12-23-6-2-1-3-7-23/h4-5,10H,1-3,6-9,11-13H2. The molecule has 25 heavy (non-hydrogen) atoms.